The molecule has 0 unspecified atom stereocenters. The molecule has 0 aliphatic heterocycles. The van der Waals surface area contributed by atoms with Gasteiger partial charge in [-0.05, 0) is 69.2 Å². The van der Waals surface area contributed by atoms with Crippen molar-refractivity contribution in [2.24, 2.45) is 0 Å². The fourth-order valence-electron chi connectivity index (χ4n) is 6.82. The maximum absolute atomic E-state index is 13.5. The van der Waals surface area contributed by atoms with Crippen molar-refractivity contribution in [1.82, 2.24) is 0 Å². The quantitative estimate of drug-likeness (QED) is 0.0291. The van der Waals surface area contributed by atoms with Gasteiger partial charge in [-0.1, -0.05) is 180 Å². The first-order chi connectivity index (χ1) is 25.7. The van der Waals surface area contributed by atoms with Crippen LogP contribution in [0.25, 0.3) is 0 Å². The highest BCUT2D eigenvalue weighted by Crippen LogP contribution is 2.18. The third-order valence-electron chi connectivity index (χ3n) is 10.3. The number of ether oxygens (including phenoxy) is 3. The van der Waals surface area contributed by atoms with Crippen LogP contribution in [0, 0.1) is 0 Å². The van der Waals surface area contributed by atoms with Gasteiger partial charge in [0.1, 0.15) is 5.75 Å². The number of Topliss-reactive ketones (excluding diaryl/α,β-unsaturated/α-hetero) is 1. The summed E-state index contributed by atoms with van der Waals surface area (Å²) in [7, 11) is 0. The molecule has 0 aliphatic carbocycles. The Kier molecular flexibility index (Phi) is 35.9. The molecule has 300 valence electrons. The minimum absolute atomic E-state index is 0.0891. The first-order valence-electron chi connectivity index (χ1n) is 22.4. The number of carbonyl (C=O) groups is 1. The summed E-state index contributed by atoms with van der Waals surface area (Å²) in [6.07, 6.45) is 44.0. The number of carbonyl (C=O) groups excluding carboxylic acids is 1. The monoisotopic (exact) mass is 725 g/mol. The SMILES string of the molecule is C=CCCCCCCCCCOC(OCCCCCCCCCC=C)C(=O)c1ccc(OCCCCCCCCCCCCCCCCCC)cc1. The Labute approximate surface area is 323 Å². The lowest BCUT2D eigenvalue weighted by atomic mass is 10.0. The Morgan fingerprint density at radius 2 is 0.808 bits per heavy atom. The third kappa shape index (κ3) is 30.5. The second-order valence-electron chi connectivity index (χ2n) is 15.2. The number of ketones is 1. The van der Waals surface area contributed by atoms with E-state index in [0.717, 1.165) is 57.3 Å². The van der Waals surface area contributed by atoms with Crippen LogP contribution in [0.15, 0.2) is 49.6 Å². The zero-order valence-electron chi connectivity index (χ0n) is 34.3. The van der Waals surface area contributed by atoms with E-state index in [1.807, 2.05) is 36.4 Å². The molecule has 52 heavy (non-hydrogen) atoms. The normalized spacial score (nSPS) is 11.3. The number of allylic oxidation sites excluding steroid dienone is 2. The lowest BCUT2D eigenvalue weighted by Crippen LogP contribution is -2.28. The summed E-state index contributed by atoms with van der Waals surface area (Å²) in [4.78, 5) is 13.5. The van der Waals surface area contributed by atoms with Gasteiger partial charge in [0.25, 0.3) is 0 Å². The van der Waals surface area contributed by atoms with Gasteiger partial charge in [0.05, 0.1) is 19.8 Å². The second kappa shape index (κ2) is 38.8. The van der Waals surface area contributed by atoms with Gasteiger partial charge in [0.2, 0.25) is 12.1 Å². The molecule has 4 nitrogen and oxygen atoms in total. The van der Waals surface area contributed by atoms with Gasteiger partial charge in [-0.15, -0.1) is 13.2 Å². The lowest BCUT2D eigenvalue weighted by molar-refractivity contribution is -0.115. The van der Waals surface area contributed by atoms with Gasteiger partial charge in [-0.2, -0.15) is 0 Å². The van der Waals surface area contributed by atoms with Crippen LogP contribution in [-0.2, 0) is 9.47 Å². The topological polar surface area (TPSA) is 44.8 Å². The third-order valence-corrected chi connectivity index (χ3v) is 10.3. The lowest BCUT2D eigenvalue weighted by Gasteiger charge is -2.18. The van der Waals surface area contributed by atoms with Gasteiger partial charge in [-0.25, -0.2) is 0 Å². The highest BCUT2D eigenvalue weighted by molar-refractivity contribution is 5.98. The van der Waals surface area contributed by atoms with Crippen LogP contribution in [0.3, 0.4) is 0 Å². The molecule has 0 bridgehead atoms. The number of hydrogen-bond donors (Lipinski definition) is 0. The first-order valence-corrected chi connectivity index (χ1v) is 22.4. The molecule has 4 heteroatoms. The molecule has 0 aromatic heterocycles. The molecular formula is C48H84O4. The largest absolute Gasteiger partial charge is 0.494 e. The van der Waals surface area contributed by atoms with E-state index in [0.29, 0.717) is 18.8 Å². The van der Waals surface area contributed by atoms with Gasteiger partial charge < -0.3 is 14.2 Å². The first kappa shape index (κ1) is 48.1. The van der Waals surface area contributed by atoms with Crippen molar-refractivity contribution >= 4 is 5.78 Å². The van der Waals surface area contributed by atoms with Crippen molar-refractivity contribution in [3.8, 4) is 5.75 Å². The highest BCUT2D eigenvalue weighted by Gasteiger charge is 2.21. The fourth-order valence-corrected chi connectivity index (χ4v) is 6.82. The molecule has 0 saturated carbocycles. The van der Waals surface area contributed by atoms with Crippen LogP contribution in [-0.4, -0.2) is 31.9 Å². The zero-order chi connectivity index (χ0) is 37.4. The average molecular weight is 725 g/mol. The van der Waals surface area contributed by atoms with Crippen LogP contribution < -0.4 is 4.74 Å². The van der Waals surface area contributed by atoms with Gasteiger partial charge in [-0.3, -0.25) is 4.79 Å². The van der Waals surface area contributed by atoms with E-state index < -0.39 is 6.29 Å². The van der Waals surface area contributed by atoms with Crippen molar-refractivity contribution in [2.45, 2.75) is 219 Å². The maximum Gasteiger partial charge on any atom is 0.222 e. The highest BCUT2D eigenvalue weighted by atomic mass is 16.7. The van der Waals surface area contributed by atoms with E-state index in [4.69, 9.17) is 14.2 Å². The van der Waals surface area contributed by atoms with Gasteiger partial charge >= 0.3 is 0 Å². The Bertz CT molecular complexity index is 881. The van der Waals surface area contributed by atoms with E-state index in [2.05, 4.69) is 20.1 Å². The molecule has 0 N–H and O–H groups in total. The summed E-state index contributed by atoms with van der Waals surface area (Å²) in [5.74, 6) is 0.735. The number of hydrogen-bond acceptors (Lipinski definition) is 4. The molecular weight excluding hydrogens is 641 g/mol. The van der Waals surface area contributed by atoms with Crippen molar-refractivity contribution in [2.75, 3.05) is 19.8 Å². The fraction of sp³-hybridized carbons (Fsp3) is 0.771. The maximum atomic E-state index is 13.5. The van der Waals surface area contributed by atoms with Crippen LogP contribution in [0.1, 0.15) is 223 Å². The van der Waals surface area contributed by atoms with E-state index in [9.17, 15) is 4.79 Å². The molecule has 0 fully saturated rings. The summed E-state index contributed by atoms with van der Waals surface area (Å²) in [5.41, 5.74) is 0.624. The van der Waals surface area contributed by atoms with Crippen LogP contribution in [0.2, 0.25) is 0 Å². The van der Waals surface area contributed by atoms with E-state index in [1.54, 1.807) is 0 Å². The van der Waals surface area contributed by atoms with Crippen LogP contribution in [0.5, 0.6) is 5.75 Å². The molecule has 0 heterocycles. The van der Waals surface area contributed by atoms with Crippen molar-refractivity contribution in [3.63, 3.8) is 0 Å². The molecule has 0 saturated heterocycles. The standard InChI is InChI=1S/C48H84O4/c1-4-7-10-13-16-19-20-21-22-23-24-25-28-29-32-35-42-50-46-40-38-45(39-41-46)47(49)48(51-43-36-33-30-26-17-14-11-8-5-2)52-44-37-34-31-27-18-15-12-9-6-3/h5-6,38-41,48H,2-4,7-37,42-44H2,1H3. The summed E-state index contributed by atoms with van der Waals surface area (Å²) in [6.45, 7) is 11.7. The Balaban J connectivity index is 2.27. The minimum Gasteiger partial charge on any atom is -0.494 e. The number of benzene rings is 1. The van der Waals surface area contributed by atoms with E-state index in [1.165, 1.54) is 161 Å². The van der Waals surface area contributed by atoms with Crippen molar-refractivity contribution < 1.29 is 19.0 Å². The molecule has 0 atom stereocenters. The molecule has 0 spiro atoms. The van der Waals surface area contributed by atoms with E-state index in [-0.39, 0.29) is 5.78 Å². The Morgan fingerprint density at radius 3 is 1.17 bits per heavy atom. The van der Waals surface area contributed by atoms with E-state index >= 15 is 0 Å². The Morgan fingerprint density at radius 1 is 0.481 bits per heavy atom. The second-order valence-corrected chi connectivity index (χ2v) is 15.2. The summed E-state index contributed by atoms with van der Waals surface area (Å²) >= 11 is 0. The van der Waals surface area contributed by atoms with Crippen molar-refractivity contribution in [1.29, 1.82) is 0 Å². The molecule has 0 amide bonds. The molecule has 1 aromatic carbocycles. The predicted molar refractivity (Wildman–Crippen MR) is 226 cm³/mol. The molecule has 0 radical (unpaired) electrons. The number of unbranched alkanes of at least 4 members (excludes halogenated alkanes) is 29. The van der Waals surface area contributed by atoms with Crippen molar-refractivity contribution in [3.05, 3.63) is 55.1 Å². The summed E-state index contributed by atoms with van der Waals surface area (Å²) < 4.78 is 18.2. The predicted octanol–water partition coefficient (Wildman–Crippen LogP) is 15.5. The average Bonchev–Trinajstić information content (AvgIpc) is 3.16. The smallest absolute Gasteiger partial charge is 0.222 e. The molecule has 1 aromatic rings. The van der Waals surface area contributed by atoms with Gasteiger partial charge in [0, 0.05) is 5.56 Å². The molecule has 1 rings (SSSR count). The van der Waals surface area contributed by atoms with Crippen LogP contribution in [0.4, 0.5) is 0 Å². The molecule has 0 aliphatic rings. The Hall–Kier alpha value is -1.91. The van der Waals surface area contributed by atoms with Gasteiger partial charge in [0.15, 0.2) is 0 Å². The number of rotatable bonds is 42. The minimum atomic E-state index is -0.838. The van der Waals surface area contributed by atoms with Crippen LogP contribution >= 0.6 is 0 Å². The summed E-state index contributed by atoms with van der Waals surface area (Å²) in [6, 6.07) is 7.56. The zero-order valence-corrected chi connectivity index (χ0v) is 34.3. The summed E-state index contributed by atoms with van der Waals surface area (Å²) in [5, 5.41) is 0.